The second-order valence-electron chi connectivity index (χ2n) is 7.85. The fraction of sp³-hybridized carbons (Fsp3) is 0.409. The molecule has 4 rings (SSSR count). The van der Waals surface area contributed by atoms with Crippen molar-refractivity contribution in [2.75, 3.05) is 13.1 Å². The molecule has 158 valence electrons. The molecule has 30 heavy (non-hydrogen) atoms. The number of halogens is 1. The average molecular weight is 429 g/mol. The van der Waals surface area contributed by atoms with Crippen molar-refractivity contribution in [2.45, 2.75) is 45.3 Å². The number of benzene rings is 1. The molecule has 2 heterocycles. The molecule has 1 aliphatic heterocycles. The van der Waals surface area contributed by atoms with Gasteiger partial charge >= 0.3 is 0 Å². The van der Waals surface area contributed by atoms with Crippen LogP contribution in [0.2, 0.25) is 5.02 Å². The monoisotopic (exact) mass is 428 g/mol. The highest BCUT2D eigenvalue weighted by atomic mass is 35.5. The molecule has 1 fully saturated rings. The number of hydrogen-bond donors (Lipinski definition) is 2. The third kappa shape index (κ3) is 3.87. The Hall–Kier alpha value is -2.64. The van der Waals surface area contributed by atoms with Crippen molar-refractivity contribution in [3.8, 4) is 5.75 Å². The maximum atomic E-state index is 13.3. The second-order valence-corrected chi connectivity index (χ2v) is 8.23. The minimum Gasteiger partial charge on any atom is -0.487 e. The highest BCUT2D eigenvalue weighted by Crippen LogP contribution is 2.30. The van der Waals surface area contributed by atoms with Gasteiger partial charge in [-0.2, -0.15) is 0 Å². The van der Waals surface area contributed by atoms with E-state index in [1.54, 1.807) is 23.1 Å². The average Bonchev–Trinajstić information content (AvgIpc) is 3.31. The second kappa shape index (κ2) is 8.24. The molecule has 0 radical (unpaired) electrons. The van der Waals surface area contributed by atoms with Crippen molar-refractivity contribution < 1.29 is 14.6 Å². The van der Waals surface area contributed by atoms with Gasteiger partial charge in [0.05, 0.1) is 41.2 Å². The molecule has 8 heteroatoms. The van der Waals surface area contributed by atoms with E-state index in [1.165, 1.54) is 0 Å². The van der Waals surface area contributed by atoms with Crippen molar-refractivity contribution in [3.05, 3.63) is 57.8 Å². The van der Waals surface area contributed by atoms with Gasteiger partial charge in [-0.15, -0.1) is 0 Å². The summed E-state index contributed by atoms with van der Waals surface area (Å²) in [6.07, 6.45) is 1.62. The van der Waals surface area contributed by atoms with E-state index in [0.717, 1.165) is 24.8 Å². The summed E-state index contributed by atoms with van der Waals surface area (Å²) >= 11 is 6.18. The van der Waals surface area contributed by atoms with E-state index in [2.05, 4.69) is 9.97 Å². The van der Waals surface area contributed by atoms with Crippen molar-refractivity contribution in [1.82, 2.24) is 14.9 Å². The summed E-state index contributed by atoms with van der Waals surface area (Å²) in [4.78, 5) is 23.8. The van der Waals surface area contributed by atoms with E-state index in [1.807, 2.05) is 19.9 Å². The first kappa shape index (κ1) is 20.6. The fourth-order valence-corrected chi connectivity index (χ4v) is 4.05. The molecule has 0 spiro atoms. The van der Waals surface area contributed by atoms with E-state index < -0.39 is 6.10 Å². The third-order valence-corrected chi connectivity index (χ3v) is 6.20. The van der Waals surface area contributed by atoms with Gasteiger partial charge in [0, 0.05) is 11.3 Å². The van der Waals surface area contributed by atoms with E-state index in [-0.39, 0.29) is 12.0 Å². The van der Waals surface area contributed by atoms with E-state index in [4.69, 9.17) is 22.1 Å². The number of hydrogen-bond acceptors (Lipinski definition) is 6. The Labute approximate surface area is 180 Å². The van der Waals surface area contributed by atoms with Gasteiger partial charge in [0.1, 0.15) is 11.9 Å². The van der Waals surface area contributed by atoms with Gasteiger partial charge in [-0.1, -0.05) is 23.7 Å². The van der Waals surface area contributed by atoms with Crippen molar-refractivity contribution >= 4 is 23.1 Å². The summed E-state index contributed by atoms with van der Waals surface area (Å²) in [5.74, 6) is 0.800. The number of para-hydroxylation sites is 1. The van der Waals surface area contributed by atoms with Crippen LogP contribution in [0.15, 0.2) is 30.0 Å². The number of nitrogens with two attached hydrogens (primary N) is 1. The number of nitrogens with zero attached hydrogens (tertiary/aromatic N) is 3. The van der Waals surface area contributed by atoms with Gasteiger partial charge < -0.3 is 20.5 Å². The largest absolute Gasteiger partial charge is 0.487 e. The zero-order valence-corrected chi connectivity index (χ0v) is 17.8. The lowest BCUT2D eigenvalue weighted by Crippen LogP contribution is -2.32. The van der Waals surface area contributed by atoms with Crippen molar-refractivity contribution in [2.24, 2.45) is 5.73 Å². The van der Waals surface area contributed by atoms with Crippen molar-refractivity contribution in [3.63, 3.8) is 0 Å². The molecule has 1 aromatic heterocycles. The summed E-state index contributed by atoms with van der Waals surface area (Å²) in [5.41, 5.74) is 9.36. The van der Waals surface area contributed by atoms with E-state index >= 15 is 0 Å². The normalized spacial score (nSPS) is 21.4. The van der Waals surface area contributed by atoms with Crippen LogP contribution >= 0.6 is 11.6 Å². The molecule has 2 atom stereocenters. The zero-order valence-electron chi connectivity index (χ0n) is 17.1. The molecule has 2 unspecified atom stereocenters. The maximum absolute atomic E-state index is 13.3. The zero-order chi connectivity index (χ0) is 21.4. The lowest BCUT2D eigenvalue weighted by Gasteiger charge is -2.22. The van der Waals surface area contributed by atoms with Gasteiger partial charge in [0.2, 0.25) is 0 Å². The molecule has 7 nitrogen and oxygen atoms in total. The predicted molar refractivity (Wildman–Crippen MR) is 114 cm³/mol. The molecular formula is C22H25ClN4O3. The molecule has 3 N–H and O–H groups in total. The van der Waals surface area contributed by atoms with Crippen molar-refractivity contribution in [1.29, 1.82) is 0 Å². The number of amides is 1. The van der Waals surface area contributed by atoms with Gasteiger partial charge in [0.25, 0.3) is 5.91 Å². The highest BCUT2D eigenvalue weighted by molar-refractivity contribution is 6.31. The van der Waals surface area contributed by atoms with E-state index in [9.17, 15) is 9.90 Å². The molecular weight excluding hydrogens is 404 g/mol. The molecule has 1 amide bonds. The first-order valence-electron chi connectivity index (χ1n) is 10.1. The van der Waals surface area contributed by atoms with Crippen LogP contribution in [0.4, 0.5) is 0 Å². The van der Waals surface area contributed by atoms with Gasteiger partial charge in [-0.05, 0) is 45.2 Å². The van der Waals surface area contributed by atoms with Crippen LogP contribution in [0.1, 0.15) is 46.8 Å². The molecule has 2 aliphatic rings. The number of carbonyl (C=O) groups is 1. The lowest BCUT2D eigenvalue weighted by atomic mass is 10.1. The molecule has 2 aromatic rings. The van der Waals surface area contributed by atoms with Crippen LogP contribution in [0.3, 0.4) is 0 Å². The first-order chi connectivity index (χ1) is 14.3. The lowest BCUT2D eigenvalue weighted by molar-refractivity contribution is 0.0579. The standard InChI is InChI=1S/C22H25ClN4O3/c1-12-20(23)13(2)26-21(25-12)15-10-27(11-16(15)24)22(29)14-6-3-4-8-18(14)30-19-9-5-7-17(19)28/h3-4,6,8,17,19,28H,5,7,9-11,24H2,1-2H3. The summed E-state index contributed by atoms with van der Waals surface area (Å²) < 4.78 is 6.00. The van der Waals surface area contributed by atoms with Gasteiger partial charge in [-0.25, -0.2) is 9.97 Å². The number of rotatable bonds is 4. The summed E-state index contributed by atoms with van der Waals surface area (Å²) in [6, 6.07) is 7.12. The first-order valence-corrected chi connectivity index (χ1v) is 10.4. The summed E-state index contributed by atoms with van der Waals surface area (Å²) in [5, 5.41) is 10.6. The summed E-state index contributed by atoms with van der Waals surface area (Å²) in [6.45, 7) is 4.24. The van der Waals surface area contributed by atoms with Crippen LogP contribution in [0.5, 0.6) is 5.75 Å². The van der Waals surface area contributed by atoms with Crippen LogP contribution in [0, 0.1) is 13.8 Å². The van der Waals surface area contributed by atoms with Crippen LogP contribution in [-0.2, 0) is 0 Å². The maximum Gasteiger partial charge on any atom is 0.258 e. The number of aryl methyl sites for hydroxylation is 2. The fourth-order valence-electron chi connectivity index (χ4n) is 3.97. The Balaban J connectivity index is 1.55. The molecule has 1 saturated carbocycles. The van der Waals surface area contributed by atoms with E-state index in [0.29, 0.717) is 52.3 Å². The van der Waals surface area contributed by atoms with Gasteiger partial charge in [0.15, 0.2) is 5.82 Å². The third-order valence-electron chi connectivity index (χ3n) is 5.65. The van der Waals surface area contributed by atoms with Crippen LogP contribution < -0.4 is 10.5 Å². The minimum absolute atomic E-state index is 0.182. The Morgan fingerprint density at radius 3 is 2.57 bits per heavy atom. The Morgan fingerprint density at radius 2 is 1.90 bits per heavy atom. The number of aliphatic hydroxyl groups is 1. The number of ether oxygens (including phenoxy) is 1. The Bertz CT molecular complexity index is 1000. The summed E-state index contributed by atoms with van der Waals surface area (Å²) in [7, 11) is 0. The van der Waals surface area contributed by atoms with Gasteiger partial charge in [-0.3, -0.25) is 4.79 Å². The molecule has 0 bridgehead atoms. The van der Waals surface area contributed by atoms with Crippen LogP contribution in [0.25, 0.3) is 5.57 Å². The van der Waals surface area contributed by atoms with Crippen LogP contribution in [-0.4, -0.2) is 51.2 Å². The quantitative estimate of drug-likeness (QED) is 0.776. The molecule has 0 saturated heterocycles. The highest BCUT2D eigenvalue weighted by Gasteiger charge is 2.31. The topological polar surface area (TPSA) is 102 Å². The smallest absolute Gasteiger partial charge is 0.258 e. The Morgan fingerprint density at radius 1 is 1.20 bits per heavy atom. The Kier molecular flexibility index (Phi) is 5.66. The number of aromatic nitrogens is 2. The number of carbonyl (C=O) groups excluding carboxylic acids is 1. The molecule has 1 aliphatic carbocycles. The number of aliphatic hydroxyl groups excluding tert-OH is 1. The predicted octanol–water partition coefficient (Wildman–Crippen LogP) is 2.86. The minimum atomic E-state index is -0.502. The molecule has 1 aromatic carbocycles. The SMILES string of the molecule is Cc1nc(C2=C(N)CN(C(=O)c3ccccc3OC3CCCC3O)C2)nc(C)c1Cl.